The number of hydrazone groups is 1. The van der Waals surface area contributed by atoms with Crippen molar-refractivity contribution in [3.05, 3.63) is 87.4 Å². The number of carbonyl (C=O) groups is 2. The molecule has 3 aromatic rings. The second-order valence-corrected chi connectivity index (χ2v) is 7.70. The molecule has 0 aliphatic heterocycles. The highest BCUT2D eigenvalue weighted by atomic mass is 35.5. The standard InChI is InChI=1S/C24H21Cl2N3O4/c1-15-7-3-6-10-20(15)28-23(30)24(31)29-27-13-16-11-19(26)22(21(12-16)32-2)33-14-17-8-4-5-9-18(17)25/h3-13H,14H2,1-2H3,(H,28,30)(H,29,31)/b27-13-. The maximum Gasteiger partial charge on any atom is 0.329 e. The number of benzene rings is 3. The zero-order valence-corrected chi connectivity index (χ0v) is 19.4. The fourth-order valence-corrected chi connectivity index (χ4v) is 3.29. The van der Waals surface area contributed by atoms with E-state index in [9.17, 15) is 9.59 Å². The van der Waals surface area contributed by atoms with Crippen molar-refractivity contribution < 1.29 is 19.1 Å². The Morgan fingerprint density at radius 1 is 1.00 bits per heavy atom. The van der Waals surface area contributed by atoms with E-state index in [0.29, 0.717) is 27.8 Å². The van der Waals surface area contributed by atoms with E-state index in [1.165, 1.54) is 13.3 Å². The lowest BCUT2D eigenvalue weighted by Gasteiger charge is -2.14. The first-order valence-corrected chi connectivity index (χ1v) is 10.6. The average Bonchev–Trinajstić information content (AvgIpc) is 2.80. The van der Waals surface area contributed by atoms with Crippen molar-refractivity contribution in [2.24, 2.45) is 5.10 Å². The molecule has 0 bridgehead atoms. The molecular weight excluding hydrogens is 465 g/mol. The van der Waals surface area contributed by atoms with Gasteiger partial charge in [0, 0.05) is 16.3 Å². The first kappa shape index (κ1) is 24.1. The van der Waals surface area contributed by atoms with Gasteiger partial charge in [0.25, 0.3) is 0 Å². The Bertz CT molecular complexity index is 1200. The van der Waals surface area contributed by atoms with Crippen LogP contribution in [0.2, 0.25) is 10.0 Å². The summed E-state index contributed by atoms with van der Waals surface area (Å²) < 4.78 is 11.2. The van der Waals surface area contributed by atoms with Crippen molar-refractivity contribution >= 4 is 46.9 Å². The first-order chi connectivity index (χ1) is 15.9. The van der Waals surface area contributed by atoms with Gasteiger partial charge in [0.05, 0.1) is 18.3 Å². The number of nitrogens with one attached hydrogen (secondary N) is 2. The molecule has 0 saturated heterocycles. The molecule has 170 valence electrons. The minimum Gasteiger partial charge on any atom is -0.493 e. The summed E-state index contributed by atoms with van der Waals surface area (Å²) in [5.74, 6) is -1.02. The molecule has 2 amide bonds. The van der Waals surface area contributed by atoms with Crippen LogP contribution in [0.5, 0.6) is 11.5 Å². The molecule has 9 heteroatoms. The molecule has 3 aromatic carbocycles. The van der Waals surface area contributed by atoms with Gasteiger partial charge in [0.1, 0.15) is 6.61 Å². The van der Waals surface area contributed by atoms with Crippen LogP contribution in [0.15, 0.2) is 65.8 Å². The van der Waals surface area contributed by atoms with E-state index in [2.05, 4.69) is 15.8 Å². The van der Waals surface area contributed by atoms with Crippen LogP contribution in [0.4, 0.5) is 5.69 Å². The molecule has 33 heavy (non-hydrogen) atoms. The van der Waals surface area contributed by atoms with Crippen LogP contribution < -0.4 is 20.2 Å². The van der Waals surface area contributed by atoms with Gasteiger partial charge in [-0.1, -0.05) is 59.6 Å². The number of carbonyl (C=O) groups excluding carboxylic acids is 2. The molecule has 3 rings (SSSR count). The minimum atomic E-state index is -0.910. The molecule has 0 atom stereocenters. The number of rotatable bonds is 7. The smallest absolute Gasteiger partial charge is 0.329 e. The lowest BCUT2D eigenvalue weighted by atomic mass is 10.2. The highest BCUT2D eigenvalue weighted by Gasteiger charge is 2.15. The minimum absolute atomic E-state index is 0.204. The van der Waals surface area contributed by atoms with Crippen molar-refractivity contribution in [2.75, 3.05) is 12.4 Å². The van der Waals surface area contributed by atoms with Gasteiger partial charge in [0.15, 0.2) is 11.5 Å². The van der Waals surface area contributed by atoms with Gasteiger partial charge in [-0.3, -0.25) is 9.59 Å². The zero-order chi connectivity index (χ0) is 23.8. The first-order valence-electron chi connectivity index (χ1n) is 9.82. The summed E-state index contributed by atoms with van der Waals surface area (Å²) in [6.45, 7) is 2.03. The van der Waals surface area contributed by atoms with Crippen LogP contribution >= 0.6 is 23.2 Å². The molecule has 0 heterocycles. The van der Waals surface area contributed by atoms with Crippen LogP contribution in [-0.2, 0) is 16.2 Å². The number of ether oxygens (including phenoxy) is 2. The maximum absolute atomic E-state index is 12.1. The molecule has 7 nitrogen and oxygen atoms in total. The molecule has 0 fully saturated rings. The normalized spacial score (nSPS) is 10.7. The average molecular weight is 486 g/mol. The van der Waals surface area contributed by atoms with E-state index in [1.54, 1.807) is 30.3 Å². The highest BCUT2D eigenvalue weighted by molar-refractivity contribution is 6.39. The summed E-state index contributed by atoms with van der Waals surface area (Å²) >= 11 is 12.5. The molecule has 0 saturated carbocycles. The Balaban J connectivity index is 1.64. The van der Waals surface area contributed by atoms with Crippen molar-refractivity contribution in [1.29, 1.82) is 0 Å². The predicted octanol–water partition coefficient (Wildman–Crippen LogP) is 4.98. The summed E-state index contributed by atoms with van der Waals surface area (Å²) in [6, 6.07) is 17.7. The van der Waals surface area contributed by atoms with Crippen LogP contribution in [0.3, 0.4) is 0 Å². The summed E-state index contributed by atoms with van der Waals surface area (Å²) in [6.07, 6.45) is 1.34. The summed E-state index contributed by atoms with van der Waals surface area (Å²) in [4.78, 5) is 24.1. The van der Waals surface area contributed by atoms with E-state index < -0.39 is 11.8 Å². The third-order valence-corrected chi connectivity index (χ3v) is 5.21. The Morgan fingerprint density at radius 2 is 1.73 bits per heavy atom. The summed E-state index contributed by atoms with van der Waals surface area (Å²) in [5.41, 5.74) is 4.89. The Morgan fingerprint density at radius 3 is 2.45 bits per heavy atom. The molecular formula is C24H21Cl2N3O4. The van der Waals surface area contributed by atoms with Gasteiger partial charge in [-0.25, -0.2) is 5.43 Å². The lowest BCUT2D eigenvalue weighted by molar-refractivity contribution is -0.136. The lowest BCUT2D eigenvalue weighted by Crippen LogP contribution is -2.32. The number of hydrogen-bond donors (Lipinski definition) is 2. The Kier molecular flexibility index (Phi) is 8.29. The van der Waals surface area contributed by atoms with E-state index in [4.69, 9.17) is 32.7 Å². The van der Waals surface area contributed by atoms with Crippen LogP contribution in [0.1, 0.15) is 16.7 Å². The van der Waals surface area contributed by atoms with Crippen LogP contribution in [0.25, 0.3) is 0 Å². The second-order valence-electron chi connectivity index (χ2n) is 6.88. The van der Waals surface area contributed by atoms with Gasteiger partial charge >= 0.3 is 11.8 Å². The largest absolute Gasteiger partial charge is 0.493 e. The number of halogens is 2. The summed E-state index contributed by atoms with van der Waals surface area (Å²) in [7, 11) is 1.48. The number of anilines is 1. The van der Waals surface area contributed by atoms with Crippen molar-refractivity contribution in [3.8, 4) is 11.5 Å². The molecule has 0 aliphatic carbocycles. The van der Waals surface area contributed by atoms with Crippen molar-refractivity contribution in [2.45, 2.75) is 13.5 Å². The molecule has 0 spiro atoms. The molecule has 0 aromatic heterocycles. The Hall–Kier alpha value is -3.55. The monoisotopic (exact) mass is 485 g/mol. The fraction of sp³-hybridized carbons (Fsp3) is 0.125. The number of para-hydroxylation sites is 1. The van der Waals surface area contributed by atoms with Gasteiger partial charge in [-0.05, 0) is 42.3 Å². The molecule has 2 N–H and O–H groups in total. The van der Waals surface area contributed by atoms with E-state index in [1.807, 2.05) is 37.3 Å². The predicted molar refractivity (Wildman–Crippen MR) is 129 cm³/mol. The SMILES string of the molecule is COc1cc(/C=N\NC(=O)C(=O)Nc2ccccc2C)cc(Cl)c1OCc1ccccc1Cl. The zero-order valence-electron chi connectivity index (χ0n) is 17.9. The summed E-state index contributed by atoms with van der Waals surface area (Å²) in [5, 5.41) is 7.22. The number of methoxy groups -OCH3 is 1. The number of hydrogen-bond acceptors (Lipinski definition) is 5. The van der Waals surface area contributed by atoms with Crippen molar-refractivity contribution in [3.63, 3.8) is 0 Å². The molecule has 0 radical (unpaired) electrons. The topological polar surface area (TPSA) is 89.0 Å². The van der Waals surface area contributed by atoms with Gasteiger partial charge in [-0.2, -0.15) is 5.10 Å². The van der Waals surface area contributed by atoms with E-state index in [0.717, 1.165) is 11.1 Å². The maximum atomic E-state index is 12.1. The van der Waals surface area contributed by atoms with Crippen LogP contribution in [-0.4, -0.2) is 25.1 Å². The molecule has 0 aliphatic rings. The van der Waals surface area contributed by atoms with Gasteiger partial charge in [-0.15, -0.1) is 0 Å². The van der Waals surface area contributed by atoms with Crippen LogP contribution in [0, 0.1) is 6.92 Å². The quantitative estimate of drug-likeness (QED) is 0.280. The fourth-order valence-electron chi connectivity index (χ4n) is 2.83. The number of nitrogens with zero attached hydrogens (tertiary/aromatic N) is 1. The third-order valence-electron chi connectivity index (χ3n) is 4.56. The van der Waals surface area contributed by atoms with Gasteiger partial charge in [0.2, 0.25) is 0 Å². The number of aryl methyl sites for hydroxylation is 1. The van der Waals surface area contributed by atoms with E-state index >= 15 is 0 Å². The highest BCUT2D eigenvalue weighted by Crippen LogP contribution is 2.37. The number of amides is 2. The van der Waals surface area contributed by atoms with E-state index in [-0.39, 0.29) is 11.6 Å². The Labute approximate surface area is 201 Å². The van der Waals surface area contributed by atoms with Gasteiger partial charge < -0.3 is 14.8 Å². The third kappa shape index (κ3) is 6.47. The van der Waals surface area contributed by atoms with Crippen molar-refractivity contribution in [1.82, 2.24) is 5.43 Å². The molecule has 0 unspecified atom stereocenters. The second kappa shape index (κ2) is 11.4.